The largest absolute Gasteiger partial charge is 0.224 e. The van der Waals surface area contributed by atoms with Crippen molar-refractivity contribution in [1.82, 2.24) is 0 Å². The van der Waals surface area contributed by atoms with Crippen molar-refractivity contribution >= 4 is 44.6 Å². The monoisotopic (exact) mass is 272 g/mol. The van der Waals surface area contributed by atoms with Gasteiger partial charge in [-0.2, -0.15) is 0 Å². The van der Waals surface area contributed by atoms with Crippen molar-refractivity contribution in [3.63, 3.8) is 0 Å². The summed E-state index contributed by atoms with van der Waals surface area (Å²) in [4.78, 5) is 0.204. The zero-order valence-corrected chi connectivity index (χ0v) is 10.3. The first kappa shape index (κ1) is 12.1. The van der Waals surface area contributed by atoms with E-state index in [4.69, 9.17) is 34.8 Å². The molecular weight excluding hydrogens is 267 g/mol. The van der Waals surface area contributed by atoms with Crippen molar-refractivity contribution in [2.75, 3.05) is 6.26 Å². The second kappa shape index (κ2) is 3.89. The van der Waals surface area contributed by atoms with Gasteiger partial charge in [0.05, 0.1) is 4.90 Å². The highest BCUT2D eigenvalue weighted by atomic mass is 35.6. The zero-order chi connectivity index (χ0) is 11.0. The van der Waals surface area contributed by atoms with Gasteiger partial charge in [-0.15, -0.1) is 0 Å². The highest BCUT2D eigenvalue weighted by Crippen LogP contribution is 2.38. The number of benzene rings is 1. The Morgan fingerprint density at radius 1 is 1.07 bits per heavy atom. The van der Waals surface area contributed by atoms with E-state index in [1.165, 1.54) is 24.3 Å². The summed E-state index contributed by atoms with van der Waals surface area (Å²) in [6.45, 7) is 0. The Balaban J connectivity index is 3.14. The molecule has 0 atom stereocenters. The van der Waals surface area contributed by atoms with E-state index < -0.39 is 13.6 Å². The Kier molecular flexibility index (Phi) is 3.37. The first-order valence-corrected chi connectivity index (χ1v) is 6.61. The van der Waals surface area contributed by atoms with Gasteiger partial charge in [0.25, 0.3) is 0 Å². The van der Waals surface area contributed by atoms with Gasteiger partial charge in [0.2, 0.25) is 3.79 Å². The highest BCUT2D eigenvalue weighted by molar-refractivity contribution is 7.90. The van der Waals surface area contributed by atoms with Gasteiger partial charge in [0.1, 0.15) is 0 Å². The van der Waals surface area contributed by atoms with E-state index in [9.17, 15) is 8.42 Å². The average molecular weight is 274 g/mol. The molecule has 0 saturated heterocycles. The Hall–Kier alpha value is 0.0400. The minimum absolute atomic E-state index is 0.204. The average Bonchev–Trinajstić information content (AvgIpc) is 2.01. The van der Waals surface area contributed by atoms with Gasteiger partial charge in [0.15, 0.2) is 9.84 Å². The van der Waals surface area contributed by atoms with Crippen LogP contribution in [-0.4, -0.2) is 14.7 Å². The SMILES string of the molecule is CS(=O)(=O)c1ccc(C(Cl)(Cl)Cl)cc1. The molecule has 0 unspecified atom stereocenters. The molecule has 0 bridgehead atoms. The summed E-state index contributed by atoms with van der Waals surface area (Å²) < 4.78 is 20.7. The van der Waals surface area contributed by atoms with Gasteiger partial charge in [-0.1, -0.05) is 46.9 Å². The molecule has 0 N–H and O–H groups in total. The van der Waals surface area contributed by atoms with E-state index >= 15 is 0 Å². The maximum Gasteiger partial charge on any atom is 0.216 e. The predicted octanol–water partition coefficient (Wildman–Crippen LogP) is 2.92. The van der Waals surface area contributed by atoms with Crippen LogP contribution in [0, 0.1) is 0 Å². The van der Waals surface area contributed by atoms with E-state index in [2.05, 4.69) is 0 Å². The fourth-order valence-electron chi connectivity index (χ4n) is 0.891. The minimum Gasteiger partial charge on any atom is -0.224 e. The molecule has 6 heteroatoms. The van der Waals surface area contributed by atoms with Crippen LogP contribution in [0.25, 0.3) is 0 Å². The molecule has 0 aliphatic carbocycles. The van der Waals surface area contributed by atoms with Crippen LogP contribution < -0.4 is 0 Å². The van der Waals surface area contributed by atoms with Gasteiger partial charge < -0.3 is 0 Å². The second-order valence-corrected chi connectivity index (χ2v) is 7.09. The molecule has 0 aliphatic heterocycles. The van der Waals surface area contributed by atoms with Crippen LogP contribution in [0.4, 0.5) is 0 Å². The Labute approximate surface area is 97.7 Å². The molecule has 1 aromatic rings. The van der Waals surface area contributed by atoms with Crippen LogP contribution in [-0.2, 0) is 13.6 Å². The number of hydrogen-bond donors (Lipinski definition) is 0. The highest BCUT2D eigenvalue weighted by Gasteiger charge is 2.22. The van der Waals surface area contributed by atoms with Crippen molar-refractivity contribution in [2.45, 2.75) is 8.69 Å². The number of alkyl halides is 3. The van der Waals surface area contributed by atoms with E-state index in [1.807, 2.05) is 0 Å². The van der Waals surface area contributed by atoms with E-state index in [1.54, 1.807) is 0 Å². The maximum absolute atomic E-state index is 11.1. The van der Waals surface area contributed by atoms with Crippen LogP contribution in [0.15, 0.2) is 29.2 Å². The van der Waals surface area contributed by atoms with Gasteiger partial charge in [-0.05, 0) is 12.1 Å². The third-order valence-electron chi connectivity index (χ3n) is 1.61. The van der Waals surface area contributed by atoms with Crippen LogP contribution in [0.5, 0.6) is 0 Å². The number of sulfone groups is 1. The van der Waals surface area contributed by atoms with E-state index in [0.717, 1.165) is 6.26 Å². The molecule has 0 saturated carbocycles. The molecule has 14 heavy (non-hydrogen) atoms. The van der Waals surface area contributed by atoms with Crippen molar-refractivity contribution < 1.29 is 8.42 Å². The molecule has 78 valence electrons. The summed E-state index contributed by atoms with van der Waals surface area (Å²) in [6.07, 6.45) is 1.12. The molecule has 0 spiro atoms. The minimum atomic E-state index is -3.19. The first-order valence-electron chi connectivity index (χ1n) is 3.58. The summed E-state index contributed by atoms with van der Waals surface area (Å²) >= 11 is 16.8. The first-order chi connectivity index (χ1) is 6.21. The number of rotatable bonds is 1. The van der Waals surface area contributed by atoms with Crippen LogP contribution in [0.1, 0.15) is 5.56 Å². The summed E-state index contributed by atoms with van der Waals surface area (Å²) in [5.41, 5.74) is 0.440. The van der Waals surface area contributed by atoms with E-state index in [-0.39, 0.29) is 4.90 Å². The molecule has 0 aliphatic rings. The summed E-state index contributed by atoms with van der Waals surface area (Å²) in [5, 5.41) is 0. The van der Waals surface area contributed by atoms with Crippen LogP contribution >= 0.6 is 34.8 Å². The van der Waals surface area contributed by atoms with Gasteiger partial charge in [-0.3, -0.25) is 0 Å². The molecule has 0 fully saturated rings. The van der Waals surface area contributed by atoms with Crippen molar-refractivity contribution in [3.05, 3.63) is 29.8 Å². The van der Waals surface area contributed by atoms with Gasteiger partial charge in [0, 0.05) is 11.8 Å². The van der Waals surface area contributed by atoms with Crippen molar-refractivity contribution in [3.8, 4) is 0 Å². The lowest BCUT2D eigenvalue weighted by Gasteiger charge is -2.10. The Morgan fingerprint density at radius 2 is 1.50 bits per heavy atom. The third kappa shape index (κ3) is 3.02. The summed E-state index contributed by atoms with van der Waals surface area (Å²) in [5.74, 6) is 0. The lowest BCUT2D eigenvalue weighted by Crippen LogP contribution is -2.02. The zero-order valence-electron chi connectivity index (χ0n) is 7.17. The molecule has 1 aromatic carbocycles. The topological polar surface area (TPSA) is 34.1 Å². The maximum atomic E-state index is 11.1. The summed E-state index contributed by atoms with van der Waals surface area (Å²) in [6, 6.07) is 5.77. The van der Waals surface area contributed by atoms with Crippen molar-refractivity contribution in [2.24, 2.45) is 0 Å². The third-order valence-corrected chi connectivity index (χ3v) is 3.39. The molecule has 0 radical (unpaired) electrons. The normalized spacial score (nSPS) is 12.9. The van der Waals surface area contributed by atoms with E-state index in [0.29, 0.717) is 5.56 Å². The van der Waals surface area contributed by atoms with Crippen LogP contribution in [0.2, 0.25) is 0 Å². The molecular formula is C8H7Cl3O2S. The standard InChI is InChI=1S/C8H7Cl3O2S/c1-14(12,13)7-4-2-6(3-5-7)8(9,10)11/h2-5H,1H3. The molecule has 1 rings (SSSR count). The summed E-state index contributed by atoms with van der Waals surface area (Å²) in [7, 11) is -3.19. The molecule has 0 aromatic heterocycles. The predicted molar refractivity (Wildman–Crippen MR) is 58.8 cm³/mol. The van der Waals surface area contributed by atoms with Gasteiger partial charge in [-0.25, -0.2) is 8.42 Å². The second-order valence-electron chi connectivity index (χ2n) is 2.79. The lowest BCUT2D eigenvalue weighted by molar-refractivity contribution is 0.602. The smallest absolute Gasteiger partial charge is 0.216 e. The fraction of sp³-hybridized carbons (Fsp3) is 0.250. The van der Waals surface area contributed by atoms with Gasteiger partial charge >= 0.3 is 0 Å². The number of halogens is 3. The van der Waals surface area contributed by atoms with Crippen LogP contribution in [0.3, 0.4) is 0 Å². The number of hydrogen-bond acceptors (Lipinski definition) is 2. The molecule has 2 nitrogen and oxygen atoms in total. The Morgan fingerprint density at radius 3 is 1.79 bits per heavy atom. The molecule has 0 amide bonds. The Bertz CT molecular complexity index is 417. The fourth-order valence-corrected chi connectivity index (χ4v) is 1.90. The quantitative estimate of drug-likeness (QED) is 0.737. The van der Waals surface area contributed by atoms with Crippen molar-refractivity contribution in [1.29, 1.82) is 0 Å². The molecule has 0 heterocycles. The lowest BCUT2D eigenvalue weighted by atomic mass is 10.2.